The molecule has 1 aliphatic carbocycles. The Morgan fingerprint density at radius 2 is 2.41 bits per heavy atom. The molecule has 0 spiro atoms. The molecule has 2 unspecified atom stereocenters. The zero-order valence-corrected chi connectivity index (χ0v) is 12.5. The maximum atomic E-state index is 5.77. The maximum absolute atomic E-state index is 5.77. The van der Waals surface area contributed by atoms with Crippen LogP contribution in [-0.4, -0.2) is 17.1 Å². The Bertz CT molecular complexity index is 462. The van der Waals surface area contributed by atoms with E-state index >= 15 is 0 Å². The van der Waals surface area contributed by atoms with Gasteiger partial charge in [0.05, 0.1) is 4.47 Å². The molecule has 17 heavy (non-hydrogen) atoms. The number of methoxy groups -OCH3 is 1. The number of ether oxygens (including phenoxy) is 1. The van der Waals surface area contributed by atoms with Gasteiger partial charge in [0.2, 0.25) is 0 Å². The van der Waals surface area contributed by atoms with E-state index in [0.29, 0.717) is 10.6 Å². The van der Waals surface area contributed by atoms with Gasteiger partial charge < -0.3 is 9.72 Å². The highest BCUT2D eigenvalue weighted by Gasteiger charge is 2.38. The SMILES string of the molecule is COC1(c2ncc(Br)c(=S)[nH]2)CCCC(C)C1. The van der Waals surface area contributed by atoms with Crippen molar-refractivity contribution in [1.82, 2.24) is 9.97 Å². The van der Waals surface area contributed by atoms with Crippen LogP contribution in [0.15, 0.2) is 10.7 Å². The Balaban J connectivity index is 2.40. The summed E-state index contributed by atoms with van der Waals surface area (Å²) in [4.78, 5) is 7.64. The average molecular weight is 317 g/mol. The van der Waals surface area contributed by atoms with E-state index in [1.165, 1.54) is 12.8 Å². The van der Waals surface area contributed by atoms with Gasteiger partial charge in [0.1, 0.15) is 16.1 Å². The van der Waals surface area contributed by atoms with Crippen molar-refractivity contribution in [2.45, 2.75) is 38.2 Å². The number of rotatable bonds is 2. The van der Waals surface area contributed by atoms with Crippen LogP contribution < -0.4 is 0 Å². The zero-order valence-electron chi connectivity index (χ0n) is 10.1. The number of nitrogens with one attached hydrogen (secondary N) is 1. The molecule has 0 aliphatic heterocycles. The van der Waals surface area contributed by atoms with Crippen LogP contribution in [0.5, 0.6) is 0 Å². The van der Waals surface area contributed by atoms with Gasteiger partial charge in [0, 0.05) is 13.3 Å². The van der Waals surface area contributed by atoms with Gasteiger partial charge in [-0.2, -0.15) is 0 Å². The quantitative estimate of drug-likeness (QED) is 0.839. The molecule has 1 heterocycles. The summed E-state index contributed by atoms with van der Waals surface area (Å²) < 4.78 is 7.28. The van der Waals surface area contributed by atoms with E-state index in [4.69, 9.17) is 17.0 Å². The Kier molecular flexibility index (Phi) is 4.00. The van der Waals surface area contributed by atoms with Crippen LogP contribution in [0.4, 0.5) is 0 Å². The van der Waals surface area contributed by atoms with E-state index in [1.54, 1.807) is 13.3 Å². The highest BCUT2D eigenvalue weighted by Crippen LogP contribution is 2.41. The molecular formula is C12H17BrN2OS. The van der Waals surface area contributed by atoms with E-state index in [2.05, 4.69) is 32.8 Å². The number of aromatic amines is 1. The molecule has 1 N–H and O–H groups in total. The predicted octanol–water partition coefficient (Wildman–Crippen LogP) is 3.95. The Morgan fingerprint density at radius 1 is 1.65 bits per heavy atom. The summed E-state index contributed by atoms with van der Waals surface area (Å²) in [5.41, 5.74) is -0.286. The molecule has 1 aromatic heterocycles. The Morgan fingerprint density at radius 3 is 3.00 bits per heavy atom. The van der Waals surface area contributed by atoms with Crippen LogP contribution in [0.3, 0.4) is 0 Å². The van der Waals surface area contributed by atoms with Gasteiger partial charge in [-0.1, -0.05) is 25.6 Å². The third-order valence-electron chi connectivity index (χ3n) is 3.53. The number of nitrogens with zero attached hydrogens (tertiary/aromatic N) is 1. The molecule has 0 bridgehead atoms. The first kappa shape index (κ1) is 13.2. The predicted molar refractivity (Wildman–Crippen MR) is 73.4 cm³/mol. The van der Waals surface area contributed by atoms with Crippen LogP contribution in [0, 0.1) is 10.6 Å². The third-order valence-corrected chi connectivity index (χ3v) is 4.72. The molecule has 1 fully saturated rings. The van der Waals surface area contributed by atoms with Crippen molar-refractivity contribution in [2.75, 3.05) is 7.11 Å². The topological polar surface area (TPSA) is 37.9 Å². The smallest absolute Gasteiger partial charge is 0.139 e. The molecule has 1 aromatic rings. The summed E-state index contributed by atoms with van der Waals surface area (Å²) >= 11 is 8.61. The number of H-pyrrole nitrogens is 1. The van der Waals surface area contributed by atoms with Crippen molar-refractivity contribution in [3.63, 3.8) is 0 Å². The normalized spacial score (nSPS) is 29.2. The van der Waals surface area contributed by atoms with Crippen molar-refractivity contribution in [3.05, 3.63) is 21.1 Å². The molecule has 3 nitrogen and oxygen atoms in total. The van der Waals surface area contributed by atoms with Gasteiger partial charge in [-0.3, -0.25) is 0 Å². The molecule has 0 amide bonds. The van der Waals surface area contributed by atoms with Crippen molar-refractivity contribution in [2.24, 2.45) is 5.92 Å². The first-order chi connectivity index (χ1) is 8.07. The molecule has 0 saturated heterocycles. The van der Waals surface area contributed by atoms with E-state index in [9.17, 15) is 0 Å². The first-order valence-corrected chi connectivity index (χ1v) is 7.08. The molecule has 1 saturated carbocycles. The molecule has 94 valence electrons. The fraction of sp³-hybridized carbons (Fsp3) is 0.667. The summed E-state index contributed by atoms with van der Waals surface area (Å²) in [5, 5.41) is 0. The second-order valence-corrected chi connectivity index (χ2v) is 6.07. The van der Waals surface area contributed by atoms with Gasteiger partial charge in [-0.15, -0.1) is 0 Å². The minimum atomic E-state index is -0.286. The van der Waals surface area contributed by atoms with Crippen molar-refractivity contribution < 1.29 is 4.74 Å². The van der Waals surface area contributed by atoms with E-state index in [0.717, 1.165) is 23.1 Å². The Hall–Kier alpha value is -0.260. The molecule has 0 radical (unpaired) electrons. The summed E-state index contributed by atoms with van der Waals surface area (Å²) in [6, 6.07) is 0. The zero-order chi connectivity index (χ0) is 12.5. The lowest BCUT2D eigenvalue weighted by Gasteiger charge is -2.37. The average Bonchev–Trinajstić information content (AvgIpc) is 2.32. The van der Waals surface area contributed by atoms with E-state index < -0.39 is 0 Å². The second kappa shape index (κ2) is 5.16. The first-order valence-electron chi connectivity index (χ1n) is 5.88. The molecular weight excluding hydrogens is 300 g/mol. The maximum Gasteiger partial charge on any atom is 0.139 e. The largest absolute Gasteiger partial charge is 0.370 e. The van der Waals surface area contributed by atoms with E-state index in [1.807, 2.05) is 0 Å². The highest BCUT2D eigenvalue weighted by molar-refractivity contribution is 9.10. The standard InChI is InChI=1S/C12H17BrN2OS/c1-8-4-3-5-12(6-8,16-2)11-14-7-9(13)10(17)15-11/h7-8H,3-6H2,1-2H3,(H,14,15,17). The van der Waals surface area contributed by atoms with E-state index in [-0.39, 0.29) is 5.60 Å². The summed E-state index contributed by atoms with van der Waals surface area (Å²) in [7, 11) is 1.76. The lowest BCUT2D eigenvalue weighted by atomic mass is 9.78. The van der Waals surface area contributed by atoms with Gasteiger partial charge >= 0.3 is 0 Å². The monoisotopic (exact) mass is 316 g/mol. The highest BCUT2D eigenvalue weighted by atomic mass is 79.9. The lowest BCUT2D eigenvalue weighted by Crippen LogP contribution is -2.36. The fourth-order valence-corrected chi connectivity index (χ4v) is 2.96. The third kappa shape index (κ3) is 2.61. The summed E-state index contributed by atoms with van der Waals surface area (Å²) in [6.45, 7) is 2.26. The summed E-state index contributed by atoms with van der Waals surface area (Å²) in [5.74, 6) is 1.52. The lowest BCUT2D eigenvalue weighted by molar-refractivity contribution is -0.0647. The van der Waals surface area contributed by atoms with Gasteiger partial charge in [-0.25, -0.2) is 4.98 Å². The molecule has 0 aromatic carbocycles. The number of hydrogen-bond donors (Lipinski definition) is 1. The molecule has 2 rings (SSSR count). The molecule has 5 heteroatoms. The minimum Gasteiger partial charge on any atom is -0.370 e. The van der Waals surface area contributed by atoms with Crippen molar-refractivity contribution in [3.8, 4) is 0 Å². The van der Waals surface area contributed by atoms with Crippen LogP contribution in [0.25, 0.3) is 0 Å². The number of hydrogen-bond acceptors (Lipinski definition) is 3. The van der Waals surface area contributed by atoms with Gasteiger partial charge in [0.25, 0.3) is 0 Å². The van der Waals surface area contributed by atoms with Crippen LogP contribution >= 0.6 is 28.1 Å². The second-order valence-electron chi connectivity index (χ2n) is 4.81. The van der Waals surface area contributed by atoms with Gasteiger partial charge in [0.15, 0.2) is 0 Å². The van der Waals surface area contributed by atoms with Crippen LogP contribution in [0.1, 0.15) is 38.4 Å². The Labute approximate surface area is 115 Å². The van der Waals surface area contributed by atoms with Crippen molar-refractivity contribution in [1.29, 1.82) is 0 Å². The van der Waals surface area contributed by atoms with Crippen LogP contribution in [0.2, 0.25) is 0 Å². The number of aromatic nitrogens is 2. The van der Waals surface area contributed by atoms with Crippen LogP contribution in [-0.2, 0) is 10.3 Å². The number of halogens is 1. The minimum absolute atomic E-state index is 0.286. The summed E-state index contributed by atoms with van der Waals surface area (Å²) in [6.07, 6.45) is 6.21. The molecule has 1 aliphatic rings. The van der Waals surface area contributed by atoms with Gasteiger partial charge in [-0.05, 0) is 41.1 Å². The molecule has 2 atom stereocenters. The van der Waals surface area contributed by atoms with Crippen molar-refractivity contribution >= 4 is 28.1 Å². The fourth-order valence-electron chi connectivity index (χ4n) is 2.61.